The Kier molecular flexibility index (Phi) is 8.01. The van der Waals surface area contributed by atoms with Gasteiger partial charge < -0.3 is 14.2 Å². The Morgan fingerprint density at radius 2 is 1.86 bits per heavy atom. The standard InChI is InChI=1S/C21H25NO6S/c1-14(2)12-21(16(10-17(23)26-3)11-18(24)27-4)19(25)29-20(22-21)28-13-15-8-6-5-7-9-15/h5-10,14H,11-13H2,1-4H3/b16-10+/t21-/m0/s1. The second-order valence-corrected chi connectivity index (χ2v) is 7.87. The van der Waals surface area contributed by atoms with Gasteiger partial charge in [-0.15, -0.1) is 0 Å². The molecule has 0 fully saturated rings. The minimum atomic E-state index is -1.38. The number of hydrogen-bond donors (Lipinski definition) is 0. The molecule has 8 heteroatoms. The van der Waals surface area contributed by atoms with Crippen molar-refractivity contribution < 1.29 is 28.6 Å². The van der Waals surface area contributed by atoms with Gasteiger partial charge in [0, 0.05) is 17.8 Å². The minimum absolute atomic E-state index is 0.0652. The lowest BCUT2D eigenvalue weighted by atomic mass is 9.81. The number of ether oxygens (including phenoxy) is 3. The first-order valence-electron chi connectivity index (χ1n) is 9.15. The van der Waals surface area contributed by atoms with Gasteiger partial charge in [-0.3, -0.25) is 9.59 Å². The summed E-state index contributed by atoms with van der Waals surface area (Å²) in [6, 6.07) is 9.50. The fraction of sp³-hybridized carbons (Fsp3) is 0.429. The molecule has 2 rings (SSSR count). The number of nitrogens with zero attached hydrogens (tertiary/aromatic N) is 1. The van der Waals surface area contributed by atoms with Crippen LogP contribution in [0, 0.1) is 5.92 Å². The van der Waals surface area contributed by atoms with Crippen LogP contribution in [0.2, 0.25) is 0 Å². The molecule has 0 spiro atoms. The number of methoxy groups -OCH3 is 2. The van der Waals surface area contributed by atoms with Gasteiger partial charge in [-0.1, -0.05) is 44.2 Å². The highest BCUT2D eigenvalue weighted by atomic mass is 32.2. The van der Waals surface area contributed by atoms with E-state index in [-0.39, 0.29) is 34.9 Å². The molecule has 0 bridgehead atoms. The number of carbonyl (C=O) groups is 3. The molecule has 0 aliphatic carbocycles. The van der Waals surface area contributed by atoms with E-state index in [2.05, 4.69) is 4.99 Å². The predicted molar refractivity (Wildman–Crippen MR) is 110 cm³/mol. The number of carbonyl (C=O) groups excluding carboxylic acids is 3. The largest absolute Gasteiger partial charge is 0.469 e. The first kappa shape index (κ1) is 22.7. The summed E-state index contributed by atoms with van der Waals surface area (Å²) in [7, 11) is 2.47. The van der Waals surface area contributed by atoms with Crippen molar-refractivity contribution in [1.29, 1.82) is 0 Å². The second-order valence-electron chi connectivity index (χ2n) is 6.95. The smallest absolute Gasteiger partial charge is 0.330 e. The number of esters is 2. The third-order valence-corrected chi connectivity index (χ3v) is 5.20. The first-order valence-corrected chi connectivity index (χ1v) is 9.97. The third kappa shape index (κ3) is 5.93. The van der Waals surface area contributed by atoms with E-state index in [0.717, 1.165) is 23.4 Å². The lowest BCUT2D eigenvalue weighted by Gasteiger charge is -2.27. The summed E-state index contributed by atoms with van der Waals surface area (Å²) in [5, 5.41) is -0.0894. The Labute approximate surface area is 174 Å². The lowest BCUT2D eigenvalue weighted by Crippen LogP contribution is -2.37. The summed E-state index contributed by atoms with van der Waals surface area (Å²) < 4.78 is 15.2. The zero-order valence-electron chi connectivity index (χ0n) is 17.0. The molecule has 1 heterocycles. The summed E-state index contributed by atoms with van der Waals surface area (Å²) in [6.45, 7) is 4.13. The van der Waals surface area contributed by atoms with Crippen molar-refractivity contribution in [2.75, 3.05) is 14.2 Å². The molecule has 7 nitrogen and oxygen atoms in total. The van der Waals surface area contributed by atoms with Crippen LogP contribution in [0.4, 0.5) is 0 Å². The molecule has 0 saturated heterocycles. The molecule has 0 aromatic heterocycles. The molecule has 1 aliphatic heterocycles. The summed E-state index contributed by atoms with van der Waals surface area (Å²) in [5.41, 5.74) is -0.210. The SMILES string of the molecule is COC(=O)/C=C(\CC(=O)OC)[C@]1(CC(C)C)N=C(OCc2ccccc2)SC1=O. The maximum Gasteiger partial charge on any atom is 0.330 e. The molecule has 1 atom stereocenters. The molecule has 0 unspecified atom stereocenters. The number of aliphatic imine (C=N–C) groups is 1. The second kappa shape index (κ2) is 10.2. The summed E-state index contributed by atoms with van der Waals surface area (Å²) in [5.74, 6) is -1.18. The highest BCUT2D eigenvalue weighted by molar-refractivity contribution is 8.26. The van der Waals surface area contributed by atoms with E-state index in [1.807, 2.05) is 44.2 Å². The van der Waals surface area contributed by atoms with E-state index in [9.17, 15) is 14.4 Å². The van der Waals surface area contributed by atoms with Gasteiger partial charge >= 0.3 is 11.9 Å². The number of thioether (sulfide) groups is 1. The number of hydrogen-bond acceptors (Lipinski definition) is 8. The molecule has 156 valence electrons. The van der Waals surface area contributed by atoms with Crippen LogP contribution in [0.3, 0.4) is 0 Å². The van der Waals surface area contributed by atoms with E-state index in [1.54, 1.807) is 0 Å². The van der Waals surface area contributed by atoms with Crippen molar-refractivity contribution >= 4 is 34.0 Å². The Balaban J connectivity index is 2.40. The zero-order valence-corrected chi connectivity index (χ0v) is 17.8. The van der Waals surface area contributed by atoms with Gasteiger partial charge in [-0.25, -0.2) is 9.79 Å². The van der Waals surface area contributed by atoms with Crippen molar-refractivity contribution in [2.24, 2.45) is 10.9 Å². The molecule has 1 aliphatic rings. The van der Waals surface area contributed by atoms with Gasteiger partial charge in [-0.05, 0) is 23.5 Å². The third-order valence-electron chi connectivity index (χ3n) is 4.30. The van der Waals surface area contributed by atoms with Crippen LogP contribution in [0.15, 0.2) is 47.0 Å². The van der Waals surface area contributed by atoms with Gasteiger partial charge in [0.1, 0.15) is 6.61 Å². The van der Waals surface area contributed by atoms with Crippen molar-refractivity contribution in [3.8, 4) is 0 Å². The maximum absolute atomic E-state index is 13.1. The van der Waals surface area contributed by atoms with Crippen LogP contribution in [0.25, 0.3) is 0 Å². The molecular weight excluding hydrogens is 394 g/mol. The van der Waals surface area contributed by atoms with Crippen molar-refractivity contribution in [2.45, 2.75) is 38.8 Å². The minimum Gasteiger partial charge on any atom is -0.469 e. The Morgan fingerprint density at radius 1 is 1.17 bits per heavy atom. The van der Waals surface area contributed by atoms with E-state index in [4.69, 9.17) is 14.2 Å². The van der Waals surface area contributed by atoms with Gasteiger partial charge in [-0.2, -0.15) is 0 Å². The van der Waals surface area contributed by atoms with Crippen molar-refractivity contribution in [3.05, 3.63) is 47.5 Å². The van der Waals surface area contributed by atoms with E-state index in [0.29, 0.717) is 6.42 Å². The lowest BCUT2D eigenvalue weighted by molar-refractivity contribution is -0.139. The highest BCUT2D eigenvalue weighted by Crippen LogP contribution is 2.42. The van der Waals surface area contributed by atoms with Crippen LogP contribution in [-0.2, 0) is 35.2 Å². The summed E-state index contributed by atoms with van der Waals surface area (Å²) in [4.78, 5) is 41.5. The van der Waals surface area contributed by atoms with Crippen LogP contribution in [0.5, 0.6) is 0 Å². The van der Waals surface area contributed by atoms with Gasteiger partial charge in [0.15, 0.2) is 5.54 Å². The molecule has 0 saturated carbocycles. The van der Waals surface area contributed by atoms with Crippen LogP contribution in [0.1, 0.15) is 32.3 Å². The molecule has 1 aromatic rings. The van der Waals surface area contributed by atoms with E-state index in [1.165, 1.54) is 14.2 Å². The zero-order chi connectivity index (χ0) is 21.4. The van der Waals surface area contributed by atoms with E-state index >= 15 is 0 Å². The maximum atomic E-state index is 13.1. The Hall–Kier alpha value is -2.61. The average Bonchev–Trinajstić information content (AvgIpc) is 3.01. The van der Waals surface area contributed by atoms with Crippen molar-refractivity contribution in [3.63, 3.8) is 0 Å². The average molecular weight is 419 g/mol. The molecule has 0 N–H and O–H groups in total. The quantitative estimate of drug-likeness (QED) is 0.472. The topological polar surface area (TPSA) is 91.3 Å². The summed E-state index contributed by atoms with van der Waals surface area (Å²) in [6.07, 6.45) is 1.22. The number of rotatable bonds is 8. The van der Waals surface area contributed by atoms with Crippen LogP contribution < -0.4 is 0 Å². The fourth-order valence-electron chi connectivity index (χ4n) is 2.97. The molecule has 29 heavy (non-hydrogen) atoms. The fourth-order valence-corrected chi connectivity index (χ4v) is 3.88. The van der Waals surface area contributed by atoms with Gasteiger partial charge in [0.2, 0.25) is 5.12 Å². The molecular formula is C21H25NO6S. The highest BCUT2D eigenvalue weighted by Gasteiger charge is 2.49. The monoisotopic (exact) mass is 419 g/mol. The summed E-state index contributed by atoms with van der Waals surface area (Å²) >= 11 is 0.875. The Bertz CT molecular complexity index is 818. The molecule has 1 aromatic carbocycles. The first-order chi connectivity index (χ1) is 13.8. The van der Waals surface area contributed by atoms with Gasteiger partial charge in [0.25, 0.3) is 5.23 Å². The number of benzene rings is 1. The van der Waals surface area contributed by atoms with Crippen LogP contribution in [-0.4, -0.2) is 42.0 Å². The van der Waals surface area contributed by atoms with Crippen LogP contribution >= 0.6 is 11.8 Å². The predicted octanol–water partition coefficient (Wildman–Crippen LogP) is 3.28. The Morgan fingerprint density at radius 3 is 2.45 bits per heavy atom. The van der Waals surface area contributed by atoms with E-state index < -0.39 is 17.5 Å². The van der Waals surface area contributed by atoms with Crippen molar-refractivity contribution in [1.82, 2.24) is 0 Å². The normalized spacial score (nSPS) is 19.1. The molecule has 0 amide bonds. The van der Waals surface area contributed by atoms with Gasteiger partial charge in [0.05, 0.1) is 20.6 Å². The molecule has 0 radical (unpaired) electrons.